The molecule has 6 nitrogen and oxygen atoms in total. The Balaban J connectivity index is 1.78. The van der Waals surface area contributed by atoms with Crippen molar-refractivity contribution < 1.29 is 14.0 Å². The maximum atomic E-state index is 12.8. The molecule has 0 bridgehead atoms. The van der Waals surface area contributed by atoms with Gasteiger partial charge < -0.3 is 20.9 Å². The molecule has 7 heteroatoms. The molecule has 0 aliphatic carbocycles. The van der Waals surface area contributed by atoms with Gasteiger partial charge in [0.15, 0.2) is 0 Å². The summed E-state index contributed by atoms with van der Waals surface area (Å²) < 4.78 is 12.8. The summed E-state index contributed by atoms with van der Waals surface area (Å²) in [5, 5.41) is 8.28. The largest absolute Gasteiger partial charge is 0.336 e. The molecule has 1 aromatic carbocycles. The Kier molecular flexibility index (Phi) is 5.19. The minimum atomic E-state index is -0.359. The minimum absolute atomic E-state index is 0.0845. The van der Waals surface area contributed by atoms with Crippen LogP contribution in [0, 0.1) is 5.82 Å². The Labute approximate surface area is 129 Å². The molecule has 3 N–H and O–H groups in total. The van der Waals surface area contributed by atoms with Crippen LogP contribution in [0.25, 0.3) is 0 Å². The fraction of sp³-hybridized carbons (Fsp3) is 0.467. The van der Waals surface area contributed by atoms with E-state index < -0.39 is 0 Å². The van der Waals surface area contributed by atoms with Gasteiger partial charge in [-0.1, -0.05) is 0 Å². The van der Waals surface area contributed by atoms with Gasteiger partial charge in [0.1, 0.15) is 5.82 Å². The van der Waals surface area contributed by atoms with Gasteiger partial charge in [-0.15, -0.1) is 0 Å². The number of hydrogen-bond acceptors (Lipinski definition) is 2. The molecule has 1 heterocycles. The molecule has 120 valence electrons. The quantitative estimate of drug-likeness (QED) is 0.800. The molecule has 1 saturated heterocycles. The molecule has 4 amide bonds. The van der Waals surface area contributed by atoms with Crippen molar-refractivity contribution in [3.8, 4) is 0 Å². The van der Waals surface area contributed by atoms with Crippen molar-refractivity contribution in [1.82, 2.24) is 15.5 Å². The Hall–Kier alpha value is -2.31. The fourth-order valence-electron chi connectivity index (χ4n) is 2.29. The van der Waals surface area contributed by atoms with Crippen molar-refractivity contribution >= 4 is 17.7 Å². The normalized spacial score (nSPS) is 17.5. The zero-order valence-corrected chi connectivity index (χ0v) is 12.7. The standard InChI is InChI=1S/C15H21FN4O2/c1-10(2)17-15(22)20-8-7-13(9-20)19-14(21)18-12-5-3-11(16)4-6-12/h3-6,10,13H,7-9H2,1-2H3,(H,17,22)(H2,18,19,21)/t13-/m1/s1. The van der Waals surface area contributed by atoms with Crippen LogP contribution < -0.4 is 16.0 Å². The number of halogens is 1. The van der Waals surface area contributed by atoms with E-state index in [9.17, 15) is 14.0 Å². The van der Waals surface area contributed by atoms with Gasteiger partial charge in [0.2, 0.25) is 0 Å². The van der Waals surface area contributed by atoms with Crippen LogP contribution in [0.4, 0.5) is 19.7 Å². The van der Waals surface area contributed by atoms with Crippen molar-refractivity contribution in [2.75, 3.05) is 18.4 Å². The lowest BCUT2D eigenvalue weighted by molar-refractivity contribution is 0.204. The average Bonchev–Trinajstić information content (AvgIpc) is 2.89. The number of carbonyl (C=O) groups is 2. The lowest BCUT2D eigenvalue weighted by Crippen LogP contribution is -2.44. The van der Waals surface area contributed by atoms with Gasteiger partial charge in [-0.2, -0.15) is 0 Å². The Morgan fingerprint density at radius 1 is 1.27 bits per heavy atom. The van der Waals surface area contributed by atoms with E-state index in [-0.39, 0.29) is 30.0 Å². The van der Waals surface area contributed by atoms with E-state index in [1.165, 1.54) is 24.3 Å². The number of rotatable bonds is 3. The smallest absolute Gasteiger partial charge is 0.319 e. The number of urea groups is 2. The molecule has 0 spiro atoms. The summed E-state index contributed by atoms with van der Waals surface area (Å²) in [6.07, 6.45) is 0.711. The first-order valence-electron chi connectivity index (χ1n) is 7.32. The SMILES string of the molecule is CC(C)NC(=O)N1CC[C@@H](NC(=O)Nc2ccc(F)cc2)C1. The summed E-state index contributed by atoms with van der Waals surface area (Å²) in [5.74, 6) is -0.353. The van der Waals surface area contributed by atoms with Crippen LogP contribution in [0.3, 0.4) is 0 Å². The molecule has 1 aromatic rings. The third-order valence-corrected chi connectivity index (χ3v) is 3.32. The second-order valence-corrected chi connectivity index (χ2v) is 5.64. The Morgan fingerprint density at radius 3 is 2.59 bits per heavy atom. The van der Waals surface area contributed by atoms with Crippen LogP contribution in [0.2, 0.25) is 0 Å². The molecule has 0 aromatic heterocycles. The Morgan fingerprint density at radius 2 is 1.95 bits per heavy atom. The number of nitrogens with zero attached hydrogens (tertiary/aromatic N) is 1. The third kappa shape index (κ3) is 4.61. The van der Waals surface area contributed by atoms with E-state index in [0.717, 1.165) is 0 Å². The molecule has 1 aliphatic heterocycles. The molecule has 0 saturated carbocycles. The number of carbonyl (C=O) groups excluding carboxylic acids is 2. The fourth-order valence-corrected chi connectivity index (χ4v) is 2.29. The summed E-state index contributed by atoms with van der Waals surface area (Å²) >= 11 is 0. The number of benzene rings is 1. The molecule has 1 fully saturated rings. The summed E-state index contributed by atoms with van der Waals surface area (Å²) in [6, 6.07) is 5.07. The van der Waals surface area contributed by atoms with E-state index in [4.69, 9.17) is 0 Å². The molecular formula is C15H21FN4O2. The summed E-state index contributed by atoms with van der Waals surface area (Å²) in [5.41, 5.74) is 0.520. The minimum Gasteiger partial charge on any atom is -0.336 e. The van der Waals surface area contributed by atoms with Crippen molar-refractivity contribution in [2.24, 2.45) is 0 Å². The maximum absolute atomic E-state index is 12.8. The van der Waals surface area contributed by atoms with Crippen LogP contribution in [0.15, 0.2) is 24.3 Å². The van der Waals surface area contributed by atoms with Gasteiger partial charge in [-0.3, -0.25) is 0 Å². The van der Waals surface area contributed by atoms with Crippen molar-refractivity contribution in [1.29, 1.82) is 0 Å². The molecule has 1 aliphatic rings. The van der Waals surface area contributed by atoms with Gasteiger partial charge in [-0.05, 0) is 44.5 Å². The third-order valence-electron chi connectivity index (χ3n) is 3.32. The first-order valence-corrected chi connectivity index (χ1v) is 7.32. The number of hydrogen-bond donors (Lipinski definition) is 3. The highest BCUT2D eigenvalue weighted by Gasteiger charge is 2.27. The van der Waals surface area contributed by atoms with Crippen molar-refractivity contribution in [2.45, 2.75) is 32.4 Å². The highest BCUT2D eigenvalue weighted by atomic mass is 19.1. The highest BCUT2D eigenvalue weighted by Crippen LogP contribution is 2.11. The van der Waals surface area contributed by atoms with Gasteiger partial charge in [0.25, 0.3) is 0 Å². The molecular weight excluding hydrogens is 287 g/mol. The van der Waals surface area contributed by atoms with E-state index in [1.54, 1.807) is 4.90 Å². The summed E-state index contributed by atoms with van der Waals surface area (Å²) in [4.78, 5) is 25.4. The van der Waals surface area contributed by atoms with E-state index >= 15 is 0 Å². The average molecular weight is 308 g/mol. The lowest BCUT2D eigenvalue weighted by Gasteiger charge is -2.19. The predicted octanol–water partition coefficient (Wildman–Crippen LogP) is 2.14. The Bertz CT molecular complexity index is 533. The zero-order chi connectivity index (χ0) is 16.1. The second kappa shape index (κ2) is 7.11. The first kappa shape index (κ1) is 16.1. The van der Waals surface area contributed by atoms with Crippen LogP contribution in [-0.2, 0) is 0 Å². The lowest BCUT2D eigenvalue weighted by atomic mass is 10.3. The summed E-state index contributed by atoms with van der Waals surface area (Å²) in [7, 11) is 0. The van der Waals surface area contributed by atoms with Gasteiger partial charge in [0, 0.05) is 30.9 Å². The number of amides is 4. The number of likely N-dealkylation sites (tertiary alicyclic amines) is 1. The van der Waals surface area contributed by atoms with Crippen molar-refractivity contribution in [3.05, 3.63) is 30.1 Å². The van der Waals surface area contributed by atoms with Gasteiger partial charge >= 0.3 is 12.1 Å². The van der Waals surface area contributed by atoms with E-state index in [2.05, 4.69) is 16.0 Å². The predicted molar refractivity (Wildman–Crippen MR) is 82.2 cm³/mol. The van der Waals surface area contributed by atoms with E-state index in [0.29, 0.717) is 25.2 Å². The summed E-state index contributed by atoms with van der Waals surface area (Å²) in [6.45, 7) is 4.90. The monoisotopic (exact) mass is 308 g/mol. The van der Waals surface area contributed by atoms with Crippen molar-refractivity contribution in [3.63, 3.8) is 0 Å². The van der Waals surface area contributed by atoms with Crippen LogP contribution in [-0.4, -0.2) is 42.1 Å². The maximum Gasteiger partial charge on any atom is 0.319 e. The molecule has 22 heavy (non-hydrogen) atoms. The van der Waals surface area contributed by atoms with Crippen LogP contribution in [0.5, 0.6) is 0 Å². The van der Waals surface area contributed by atoms with Gasteiger partial charge in [0.05, 0.1) is 0 Å². The molecule has 1 atom stereocenters. The highest BCUT2D eigenvalue weighted by molar-refractivity contribution is 5.89. The van der Waals surface area contributed by atoms with Crippen LogP contribution >= 0.6 is 0 Å². The molecule has 0 unspecified atom stereocenters. The first-order chi connectivity index (χ1) is 10.4. The molecule has 2 rings (SSSR count). The number of nitrogens with one attached hydrogen (secondary N) is 3. The van der Waals surface area contributed by atoms with Crippen LogP contribution in [0.1, 0.15) is 20.3 Å². The molecule has 0 radical (unpaired) electrons. The second-order valence-electron chi connectivity index (χ2n) is 5.64. The number of anilines is 1. The zero-order valence-electron chi connectivity index (χ0n) is 12.7. The van der Waals surface area contributed by atoms with E-state index in [1.807, 2.05) is 13.8 Å². The van der Waals surface area contributed by atoms with Gasteiger partial charge in [-0.25, -0.2) is 14.0 Å². The topological polar surface area (TPSA) is 73.5 Å².